The number of carbonyl (C=O) groups excluding carboxylic acids is 1. The maximum absolute atomic E-state index is 13.0. The number of likely N-dealkylation sites (N-methyl/N-ethyl adjacent to an activating group) is 1. The third kappa shape index (κ3) is 7.57. The summed E-state index contributed by atoms with van der Waals surface area (Å²) in [7, 11) is 1.64. The Morgan fingerprint density at radius 2 is 1.92 bits per heavy atom. The smallest absolute Gasteiger partial charge is 0.416 e. The minimum atomic E-state index is -4.40. The number of thiazole rings is 1. The number of hydrogen-bond acceptors (Lipinski definition) is 8. The van der Waals surface area contributed by atoms with Gasteiger partial charge in [0.05, 0.1) is 39.9 Å². The lowest BCUT2D eigenvalue weighted by Gasteiger charge is -2.19. The van der Waals surface area contributed by atoms with Gasteiger partial charge in [-0.3, -0.25) is 4.90 Å². The van der Waals surface area contributed by atoms with Crippen LogP contribution in [0.3, 0.4) is 0 Å². The molecule has 0 unspecified atom stereocenters. The molecule has 1 aliphatic rings. The fraction of sp³-hybridized carbons (Fsp3) is 0.370. The summed E-state index contributed by atoms with van der Waals surface area (Å²) in [5, 5.41) is 4.87. The van der Waals surface area contributed by atoms with Crippen molar-refractivity contribution in [3.05, 3.63) is 69.2 Å². The maximum atomic E-state index is 13.0. The summed E-state index contributed by atoms with van der Waals surface area (Å²) in [6.07, 6.45) is -3.73. The maximum Gasteiger partial charge on any atom is 0.416 e. The van der Waals surface area contributed by atoms with Gasteiger partial charge >= 0.3 is 12.1 Å². The van der Waals surface area contributed by atoms with Crippen LogP contribution in [0.2, 0.25) is 5.02 Å². The van der Waals surface area contributed by atoms with E-state index < -0.39 is 11.7 Å². The summed E-state index contributed by atoms with van der Waals surface area (Å²) in [5.74, 6) is 0.147. The molecule has 208 valence electrons. The number of oxime groups is 1. The van der Waals surface area contributed by atoms with Crippen LogP contribution in [0.25, 0.3) is 10.6 Å². The molecule has 0 atom stereocenters. The van der Waals surface area contributed by atoms with Gasteiger partial charge in [0.2, 0.25) is 0 Å². The molecule has 7 nitrogen and oxygen atoms in total. The second kappa shape index (κ2) is 12.9. The molecule has 0 N–H and O–H groups in total. The van der Waals surface area contributed by atoms with Gasteiger partial charge in [-0.1, -0.05) is 35.8 Å². The first-order valence-corrected chi connectivity index (χ1v) is 13.4. The van der Waals surface area contributed by atoms with E-state index in [4.69, 9.17) is 30.9 Å². The highest BCUT2D eigenvalue weighted by Gasteiger charge is 2.30. The molecule has 3 aromatic rings. The predicted octanol–water partition coefficient (Wildman–Crippen LogP) is 6.57. The van der Waals surface area contributed by atoms with Crippen LogP contribution in [0.1, 0.15) is 41.5 Å². The highest BCUT2D eigenvalue weighted by atomic mass is 35.5. The normalized spacial score (nSPS) is 13.9. The van der Waals surface area contributed by atoms with Crippen LogP contribution in [0.5, 0.6) is 5.75 Å². The van der Waals surface area contributed by atoms with Crippen LogP contribution in [0, 0.1) is 0 Å². The molecule has 0 bridgehead atoms. The van der Waals surface area contributed by atoms with Crippen molar-refractivity contribution in [3.63, 3.8) is 0 Å². The first kappa shape index (κ1) is 29.0. The molecular formula is C27H27ClF3N3O4S. The standard InChI is InChI=1S/C27H27ClF3N3O4S/c1-3-34(12-13-36-2)15-23-24(39-26(32-23)17-4-6-18(7-5-17)27(29,30)31)16-37-19-8-9-20(21(28)14-19)22-10-11-25(35)38-33-22/h4-9,14H,3,10-13,15-16H2,1-2H3. The zero-order chi connectivity index (χ0) is 28.0. The summed E-state index contributed by atoms with van der Waals surface area (Å²) in [4.78, 5) is 23.8. The lowest BCUT2D eigenvalue weighted by Crippen LogP contribution is -2.27. The zero-order valence-corrected chi connectivity index (χ0v) is 23.0. The number of benzene rings is 2. The van der Waals surface area contributed by atoms with E-state index in [2.05, 4.69) is 10.1 Å². The molecule has 0 fully saturated rings. The number of methoxy groups -OCH3 is 1. The summed E-state index contributed by atoms with van der Waals surface area (Å²) >= 11 is 7.84. The van der Waals surface area contributed by atoms with Crippen LogP contribution < -0.4 is 4.74 Å². The molecule has 12 heteroatoms. The summed E-state index contributed by atoms with van der Waals surface area (Å²) in [6, 6.07) is 10.2. The second-order valence-electron chi connectivity index (χ2n) is 8.76. The number of nitrogens with zero attached hydrogens (tertiary/aromatic N) is 3. The van der Waals surface area contributed by atoms with Crippen molar-refractivity contribution < 1.29 is 32.3 Å². The molecule has 2 heterocycles. The highest BCUT2D eigenvalue weighted by molar-refractivity contribution is 7.15. The SMILES string of the molecule is CCN(CCOC)Cc1nc(-c2ccc(C(F)(F)F)cc2)sc1COc1ccc(C2=NOC(=O)CC2)c(Cl)c1. The van der Waals surface area contributed by atoms with Crippen molar-refractivity contribution >= 4 is 34.6 Å². The molecule has 1 aromatic heterocycles. The average Bonchev–Trinajstić information content (AvgIpc) is 3.32. The van der Waals surface area contributed by atoms with Gasteiger partial charge in [-0.15, -0.1) is 11.3 Å². The van der Waals surface area contributed by atoms with E-state index in [0.717, 1.165) is 29.2 Å². The quantitative estimate of drug-likeness (QED) is 0.238. The summed E-state index contributed by atoms with van der Waals surface area (Å²) < 4.78 is 50.3. The molecule has 2 aromatic carbocycles. The van der Waals surface area contributed by atoms with Crippen LogP contribution >= 0.6 is 22.9 Å². The van der Waals surface area contributed by atoms with Crippen molar-refractivity contribution in [2.75, 3.05) is 26.8 Å². The van der Waals surface area contributed by atoms with Gasteiger partial charge < -0.3 is 14.3 Å². The fourth-order valence-electron chi connectivity index (χ4n) is 3.90. The lowest BCUT2D eigenvalue weighted by molar-refractivity contribution is -0.144. The highest BCUT2D eigenvalue weighted by Crippen LogP contribution is 2.34. The molecule has 0 saturated heterocycles. The third-order valence-corrected chi connectivity index (χ3v) is 7.55. The van der Waals surface area contributed by atoms with E-state index in [0.29, 0.717) is 58.7 Å². The Labute approximate surface area is 233 Å². The molecule has 0 saturated carbocycles. The second-order valence-corrected chi connectivity index (χ2v) is 10.2. The Balaban J connectivity index is 1.55. The van der Waals surface area contributed by atoms with Gasteiger partial charge in [0.1, 0.15) is 17.4 Å². The first-order chi connectivity index (χ1) is 18.7. The van der Waals surface area contributed by atoms with E-state index in [1.807, 2.05) is 6.92 Å². The molecule has 4 rings (SSSR count). The Bertz CT molecular complexity index is 1330. The monoisotopic (exact) mass is 581 g/mol. The van der Waals surface area contributed by atoms with E-state index in [1.54, 1.807) is 25.3 Å². The third-order valence-electron chi connectivity index (χ3n) is 6.11. The number of halogens is 4. The molecule has 0 amide bonds. The largest absolute Gasteiger partial charge is 0.488 e. The number of rotatable bonds is 11. The van der Waals surface area contributed by atoms with E-state index in [-0.39, 0.29) is 19.0 Å². The van der Waals surface area contributed by atoms with Crippen molar-refractivity contribution in [2.45, 2.75) is 39.1 Å². The van der Waals surface area contributed by atoms with Gasteiger partial charge in [-0.25, -0.2) is 9.78 Å². The molecule has 39 heavy (non-hydrogen) atoms. The number of aromatic nitrogens is 1. The Morgan fingerprint density at radius 3 is 2.54 bits per heavy atom. The van der Waals surface area contributed by atoms with Crippen molar-refractivity contribution in [1.82, 2.24) is 9.88 Å². The van der Waals surface area contributed by atoms with Crippen LogP contribution in [-0.2, 0) is 33.7 Å². The van der Waals surface area contributed by atoms with Crippen molar-refractivity contribution in [2.24, 2.45) is 5.16 Å². The van der Waals surface area contributed by atoms with Crippen LogP contribution in [-0.4, -0.2) is 48.4 Å². The van der Waals surface area contributed by atoms with Crippen molar-refractivity contribution in [3.8, 4) is 16.3 Å². The Kier molecular flexibility index (Phi) is 9.60. The van der Waals surface area contributed by atoms with Crippen LogP contribution in [0.15, 0.2) is 47.6 Å². The molecule has 1 aliphatic heterocycles. The van der Waals surface area contributed by atoms with Gasteiger partial charge in [-0.2, -0.15) is 13.2 Å². The predicted molar refractivity (Wildman–Crippen MR) is 143 cm³/mol. The number of hydrogen-bond donors (Lipinski definition) is 0. The van der Waals surface area contributed by atoms with Gasteiger partial charge in [0.25, 0.3) is 0 Å². The summed E-state index contributed by atoms with van der Waals surface area (Å²) in [6.45, 7) is 4.81. The van der Waals surface area contributed by atoms with Gasteiger partial charge in [0.15, 0.2) is 0 Å². The van der Waals surface area contributed by atoms with Gasteiger partial charge in [-0.05, 0) is 36.9 Å². The minimum Gasteiger partial charge on any atom is -0.488 e. The van der Waals surface area contributed by atoms with Crippen LogP contribution in [0.4, 0.5) is 13.2 Å². The first-order valence-electron chi connectivity index (χ1n) is 12.2. The van der Waals surface area contributed by atoms with E-state index in [9.17, 15) is 18.0 Å². The Hall–Kier alpha value is -2.99. The van der Waals surface area contributed by atoms with Crippen molar-refractivity contribution in [1.29, 1.82) is 0 Å². The average molecular weight is 582 g/mol. The topological polar surface area (TPSA) is 73.2 Å². The fourth-order valence-corrected chi connectivity index (χ4v) is 5.16. The number of alkyl halides is 3. The minimum absolute atomic E-state index is 0.198. The molecule has 0 spiro atoms. The summed E-state index contributed by atoms with van der Waals surface area (Å²) in [5.41, 5.74) is 1.93. The Morgan fingerprint density at radius 1 is 1.15 bits per heavy atom. The van der Waals surface area contributed by atoms with E-state index in [1.165, 1.54) is 23.5 Å². The van der Waals surface area contributed by atoms with Gasteiger partial charge in [0, 0.05) is 37.7 Å². The number of ether oxygens (including phenoxy) is 2. The molecule has 0 aliphatic carbocycles. The molecule has 0 radical (unpaired) electrons. The number of carbonyl (C=O) groups is 1. The van der Waals surface area contributed by atoms with E-state index >= 15 is 0 Å². The lowest BCUT2D eigenvalue weighted by atomic mass is 10.1. The molecular weight excluding hydrogens is 555 g/mol. The zero-order valence-electron chi connectivity index (χ0n) is 21.4.